The van der Waals surface area contributed by atoms with E-state index in [9.17, 15) is 13.6 Å². The van der Waals surface area contributed by atoms with E-state index in [-0.39, 0.29) is 30.6 Å². The van der Waals surface area contributed by atoms with Gasteiger partial charge in [0.05, 0.1) is 6.54 Å². The summed E-state index contributed by atoms with van der Waals surface area (Å²) in [7, 11) is 1.78. The number of nitrogens with zero attached hydrogens (tertiary/aromatic N) is 1. The van der Waals surface area contributed by atoms with Crippen molar-refractivity contribution in [1.29, 1.82) is 0 Å². The molecule has 128 valence electrons. The summed E-state index contributed by atoms with van der Waals surface area (Å²) in [5, 5.41) is 2.76. The van der Waals surface area contributed by atoms with Crippen molar-refractivity contribution in [2.75, 3.05) is 26.7 Å². The van der Waals surface area contributed by atoms with E-state index >= 15 is 0 Å². The molecular weight excluding hydrogens is 314 g/mol. The van der Waals surface area contributed by atoms with Crippen molar-refractivity contribution < 1.29 is 18.3 Å². The minimum absolute atomic E-state index is 0.146. The molecule has 0 heterocycles. The van der Waals surface area contributed by atoms with Crippen molar-refractivity contribution >= 4 is 5.91 Å². The van der Waals surface area contributed by atoms with E-state index in [2.05, 4.69) is 5.32 Å². The molecule has 1 amide bonds. The SMILES string of the molecule is CN(CCOc1ccccc1F)CC(=O)NCc1ccc(F)cc1. The second-order valence-corrected chi connectivity index (χ2v) is 5.42. The van der Waals surface area contributed by atoms with Gasteiger partial charge in [-0.1, -0.05) is 24.3 Å². The van der Waals surface area contributed by atoms with Crippen LogP contribution in [0, 0.1) is 11.6 Å². The lowest BCUT2D eigenvalue weighted by Gasteiger charge is -2.16. The Kier molecular flexibility index (Phi) is 6.69. The van der Waals surface area contributed by atoms with E-state index in [1.165, 1.54) is 18.2 Å². The van der Waals surface area contributed by atoms with Crippen LogP contribution in [-0.4, -0.2) is 37.6 Å². The molecule has 2 aromatic rings. The van der Waals surface area contributed by atoms with Gasteiger partial charge < -0.3 is 10.1 Å². The number of likely N-dealkylation sites (N-methyl/N-ethyl adjacent to an activating group) is 1. The van der Waals surface area contributed by atoms with Gasteiger partial charge >= 0.3 is 0 Å². The summed E-state index contributed by atoms with van der Waals surface area (Å²) in [5.74, 6) is -0.656. The van der Waals surface area contributed by atoms with Gasteiger partial charge in [-0.3, -0.25) is 9.69 Å². The average molecular weight is 334 g/mol. The highest BCUT2D eigenvalue weighted by Crippen LogP contribution is 2.14. The first-order chi connectivity index (χ1) is 11.5. The van der Waals surface area contributed by atoms with Gasteiger partial charge in [0.1, 0.15) is 12.4 Å². The molecule has 2 aromatic carbocycles. The zero-order chi connectivity index (χ0) is 17.4. The Morgan fingerprint density at radius 2 is 1.83 bits per heavy atom. The maximum atomic E-state index is 13.4. The molecular formula is C18H20F2N2O2. The van der Waals surface area contributed by atoms with E-state index < -0.39 is 5.82 Å². The van der Waals surface area contributed by atoms with Crippen LogP contribution in [0.3, 0.4) is 0 Å². The summed E-state index contributed by atoms with van der Waals surface area (Å²) in [6, 6.07) is 12.2. The summed E-state index contributed by atoms with van der Waals surface area (Å²) in [5.41, 5.74) is 0.829. The third-order valence-electron chi connectivity index (χ3n) is 3.38. The maximum absolute atomic E-state index is 13.4. The van der Waals surface area contributed by atoms with Gasteiger partial charge in [0.2, 0.25) is 5.91 Å². The summed E-state index contributed by atoms with van der Waals surface area (Å²) in [6.45, 7) is 1.31. The normalized spacial score (nSPS) is 10.7. The van der Waals surface area contributed by atoms with Crippen LogP contribution in [0.1, 0.15) is 5.56 Å². The number of hydrogen-bond acceptors (Lipinski definition) is 3. The maximum Gasteiger partial charge on any atom is 0.234 e. The molecule has 24 heavy (non-hydrogen) atoms. The topological polar surface area (TPSA) is 41.6 Å². The molecule has 6 heteroatoms. The van der Waals surface area contributed by atoms with Gasteiger partial charge in [-0.25, -0.2) is 8.78 Å². The fourth-order valence-electron chi connectivity index (χ4n) is 2.06. The molecule has 0 atom stereocenters. The van der Waals surface area contributed by atoms with Gasteiger partial charge in [-0.15, -0.1) is 0 Å². The first-order valence-corrected chi connectivity index (χ1v) is 7.61. The van der Waals surface area contributed by atoms with Crippen molar-refractivity contribution in [3.8, 4) is 5.75 Å². The number of amides is 1. The fourth-order valence-corrected chi connectivity index (χ4v) is 2.06. The lowest BCUT2D eigenvalue weighted by atomic mass is 10.2. The largest absolute Gasteiger partial charge is 0.489 e. The summed E-state index contributed by atoms with van der Waals surface area (Å²) in [4.78, 5) is 13.6. The first-order valence-electron chi connectivity index (χ1n) is 7.61. The Balaban J connectivity index is 1.66. The quantitative estimate of drug-likeness (QED) is 0.807. The summed E-state index contributed by atoms with van der Waals surface area (Å²) in [6.07, 6.45) is 0. The van der Waals surface area contributed by atoms with E-state index in [1.54, 1.807) is 42.3 Å². The van der Waals surface area contributed by atoms with Crippen molar-refractivity contribution in [2.45, 2.75) is 6.54 Å². The molecule has 0 saturated heterocycles. The molecule has 4 nitrogen and oxygen atoms in total. The van der Waals surface area contributed by atoms with Crippen LogP contribution in [0.2, 0.25) is 0 Å². The lowest BCUT2D eigenvalue weighted by molar-refractivity contribution is -0.122. The molecule has 0 spiro atoms. The van der Waals surface area contributed by atoms with E-state index in [1.807, 2.05) is 0 Å². The number of carbonyl (C=O) groups is 1. The minimum atomic E-state index is -0.405. The summed E-state index contributed by atoms with van der Waals surface area (Å²) >= 11 is 0. The number of halogens is 2. The van der Waals surface area contributed by atoms with Crippen LogP contribution in [0.15, 0.2) is 48.5 Å². The second-order valence-electron chi connectivity index (χ2n) is 5.42. The zero-order valence-corrected chi connectivity index (χ0v) is 13.5. The highest BCUT2D eigenvalue weighted by atomic mass is 19.1. The van der Waals surface area contributed by atoms with Crippen molar-refractivity contribution in [3.63, 3.8) is 0 Å². The smallest absolute Gasteiger partial charge is 0.234 e. The number of para-hydroxylation sites is 1. The van der Waals surface area contributed by atoms with Crippen LogP contribution in [0.5, 0.6) is 5.75 Å². The van der Waals surface area contributed by atoms with Crippen LogP contribution in [0.4, 0.5) is 8.78 Å². The molecule has 0 aromatic heterocycles. The molecule has 0 unspecified atom stereocenters. The lowest BCUT2D eigenvalue weighted by Crippen LogP contribution is -2.36. The Morgan fingerprint density at radius 1 is 1.12 bits per heavy atom. The molecule has 0 aliphatic carbocycles. The molecule has 0 radical (unpaired) electrons. The monoisotopic (exact) mass is 334 g/mol. The molecule has 0 fully saturated rings. The summed E-state index contributed by atoms with van der Waals surface area (Å²) < 4.78 is 31.5. The predicted octanol–water partition coefficient (Wildman–Crippen LogP) is 2.59. The van der Waals surface area contributed by atoms with Crippen LogP contribution < -0.4 is 10.1 Å². The van der Waals surface area contributed by atoms with E-state index in [0.717, 1.165) is 5.56 Å². The minimum Gasteiger partial charge on any atom is -0.489 e. The van der Waals surface area contributed by atoms with Gasteiger partial charge in [0.25, 0.3) is 0 Å². The standard InChI is InChI=1S/C18H20F2N2O2/c1-22(10-11-24-17-5-3-2-4-16(17)20)13-18(23)21-12-14-6-8-15(19)9-7-14/h2-9H,10-13H2,1H3,(H,21,23). The molecule has 0 aliphatic rings. The predicted molar refractivity (Wildman–Crippen MR) is 87.6 cm³/mol. The number of ether oxygens (including phenoxy) is 1. The Labute approximate surface area is 140 Å². The van der Waals surface area contributed by atoms with Crippen LogP contribution in [0.25, 0.3) is 0 Å². The number of benzene rings is 2. The van der Waals surface area contributed by atoms with Crippen molar-refractivity contribution in [3.05, 3.63) is 65.7 Å². The van der Waals surface area contributed by atoms with Gasteiger partial charge in [-0.2, -0.15) is 0 Å². The van der Waals surface area contributed by atoms with Gasteiger partial charge in [0, 0.05) is 13.1 Å². The third-order valence-corrected chi connectivity index (χ3v) is 3.38. The zero-order valence-electron chi connectivity index (χ0n) is 13.5. The van der Waals surface area contributed by atoms with Crippen molar-refractivity contribution in [1.82, 2.24) is 10.2 Å². The van der Waals surface area contributed by atoms with E-state index in [4.69, 9.17) is 4.74 Å². The average Bonchev–Trinajstić information content (AvgIpc) is 2.56. The Hall–Kier alpha value is -2.47. The van der Waals surface area contributed by atoms with Crippen LogP contribution >= 0.6 is 0 Å². The first kappa shape index (κ1) is 17.9. The number of rotatable bonds is 8. The third kappa shape index (κ3) is 5.96. The fraction of sp³-hybridized carbons (Fsp3) is 0.278. The molecule has 1 N–H and O–H groups in total. The number of nitrogens with one attached hydrogen (secondary N) is 1. The molecule has 2 rings (SSSR count). The Morgan fingerprint density at radius 3 is 2.54 bits per heavy atom. The molecule has 0 saturated carbocycles. The van der Waals surface area contributed by atoms with Crippen molar-refractivity contribution in [2.24, 2.45) is 0 Å². The van der Waals surface area contributed by atoms with Crippen LogP contribution in [-0.2, 0) is 11.3 Å². The highest BCUT2D eigenvalue weighted by molar-refractivity contribution is 5.77. The second kappa shape index (κ2) is 8.98. The Bertz CT molecular complexity index is 662. The van der Waals surface area contributed by atoms with E-state index in [0.29, 0.717) is 13.1 Å². The number of carbonyl (C=O) groups excluding carboxylic acids is 1. The molecule has 0 aliphatic heterocycles. The van der Waals surface area contributed by atoms with Gasteiger partial charge in [0.15, 0.2) is 11.6 Å². The highest BCUT2D eigenvalue weighted by Gasteiger charge is 2.07. The molecule has 0 bridgehead atoms. The number of hydrogen-bond donors (Lipinski definition) is 1. The van der Waals surface area contributed by atoms with Gasteiger partial charge in [-0.05, 0) is 36.9 Å².